The molecule has 0 bridgehead atoms. The second kappa shape index (κ2) is 13.3. The maximum absolute atomic E-state index is 12.4. The zero-order valence-corrected chi connectivity index (χ0v) is 19.0. The van der Waals surface area contributed by atoms with E-state index in [0.29, 0.717) is 36.4 Å². The fraction of sp³-hybridized carbons (Fsp3) is 0.348. The summed E-state index contributed by atoms with van der Waals surface area (Å²) < 4.78 is 10.5. The lowest BCUT2D eigenvalue weighted by Gasteiger charge is -2.14. The molecule has 0 aliphatic heterocycles. The van der Waals surface area contributed by atoms with E-state index in [1.165, 1.54) is 0 Å². The smallest absolute Gasteiger partial charge is 0.305 e. The fourth-order valence-electron chi connectivity index (χ4n) is 3.13. The van der Waals surface area contributed by atoms with Gasteiger partial charge in [0, 0.05) is 36.0 Å². The van der Waals surface area contributed by atoms with Gasteiger partial charge in [-0.1, -0.05) is 23.3 Å². The molecule has 0 saturated heterocycles. The molecule has 11 heteroatoms. The molecule has 34 heavy (non-hydrogen) atoms. The number of nitrogens with zero attached hydrogens (tertiary/aromatic N) is 3. The molecule has 2 aromatic rings. The summed E-state index contributed by atoms with van der Waals surface area (Å²) in [6.45, 7) is 0.132. The molecular formula is C23H27N5O6. The molecule has 0 fully saturated rings. The Balaban J connectivity index is 1.84. The van der Waals surface area contributed by atoms with Crippen molar-refractivity contribution in [1.29, 1.82) is 0 Å². The van der Waals surface area contributed by atoms with Crippen LogP contribution in [0.2, 0.25) is 0 Å². The monoisotopic (exact) mass is 469 g/mol. The summed E-state index contributed by atoms with van der Waals surface area (Å²) in [5.74, 6) is -0.482. The van der Waals surface area contributed by atoms with Crippen LogP contribution in [0.5, 0.6) is 11.5 Å². The summed E-state index contributed by atoms with van der Waals surface area (Å²) >= 11 is 0. The third-order valence-electron chi connectivity index (χ3n) is 4.92. The number of carbonyl (C=O) groups excluding carboxylic acids is 2. The lowest BCUT2D eigenvalue weighted by molar-refractivity contribution is -0.137. The molecule has 11 nitrogen and oxygen atoms in total. The molecule has 0 unspecified atom stereocenters. The van der Waals surface area contributed by atoms with Gasteiger partial charge in [0.1, 0.15) is 0 Å². The number of carboxylic acids is 1. The van der Waals surface area contributed by atoms with Crippen LogP contribution in [0.15, 0.2) is 47.6 Å². The van der Waals surface area contributed by atoms with Crippen LogP contribution in [0.4, 0.5) is 0 Å². The number of amides is 2. The molecule has 0 spiro atoms. The Bertz CT molecular complexity index is 1050. The van der Waals surface area contributed by atoms with E-state index in [1.54, 1.807) is 44.6 Å². The molecule has 2 rings (SSSR count). The van der Waals surface area contributed by atoms with E-state index in [9.17, 15) is 14.4 Å². The van der Waals surface area contributed by atoms with Gasteiger partial charge in [0.2, 0.25) is 5.91 Å². The van der Waals surface area contributed by atoms with Gasteiger partial charge in [-0.15, -0.1) is 0 Å². The van der Waals surface area contributed by atoms with Gasteiger partial charge >= 0.3 is 5.97 Å². The Morgan fingerprint density at radius 1 is 1.06 bits per heavy atom. The summed E-state index contributed by atoms with van der Waals surface area (Å²) in [4.78, 5) is 38.1. The first kappa shape index (κ1) is 26.0. The normalized spacial score (nSPS) is 11.0. The van der Waals surface area contributed by atoms with Gasteiger partial charge in [-0.2, -0.15) is 0 Å². The number of benzene rings is 2. The molecule has 2 amide bonds. The van der Waals surface area contributed by atoms with Crippen LogP contribution < -0.4 is 20.1 Å². The topological polar surface area (TPSA) is 163 Å². The summed E-state index contributed by atoms with van der Waals surface area (Å²) in [6.07, 6.45) is 0.475. The van der Waals surface area contributed by atoms with Gasteiger partial charge in [-0.05, 0) is 47.3 Å². The largest absolute Gasteiger partial charge is 0.493 e. The van der Waals surface area contributed by atoms with Crippen LogP contribution in [0.1, 0.15) is 34.3 Å². The van der Waals surface area contributed by atoms with Crippen molar-refractivity contribution in [1.82, 2.24) is 10.6 Å². The van der Waals surface area contributed by atoms with Crippen molar-refractivity contribution >= 4 is 17.8 Å². The minimum Gasteiger partial charge on any atom is -0.493 e. The van der Waals surface area contributed by atoms with Crippen LogP contribution in [0.3, 0.4) is 0 Å². The summed E-state index contributed by atoms with van der Waals surface area (Å²) in [5.41, 5.74) is 10.5. The first-order valence-corrected chi connectivity index (χ1v) is 10.5. The van der Waals surface area contributed by atoms with E-state index in [-0.39, 0.29) is 18.9 Å². The second-order valence-corrected chi connectivity index (χ2v) is 7.34. The number of hydrogen-bond donors (Lipinski definition) is 3. The molecular weight excluding hydrogens is 442 g/mol. The van der Waals surface area contributed by atoms with Crippen molar-refractivity contribution in [2.24, 2.45) is 5.11 Å². The van der Waals surface area contributed by atoms with Crippen molar-refractivity contribution in [3.63, 3.8) is 0 Å². The fourth-order valence-corrected chi connectivity index (χ4v) is 3.13. The van der Waals surface area contributed by atoms with Crippen molar-refractivity contribution in [2.75, 3.05) is 20.8 Å². The van der Waals surface area contributed by atoms with Crippen molar-refractivity contribution in [2.45, 2.75) is 31.8 Å². The second-order valence-electron chi connectivity index (χ2n) is 7.34. The zero-order chi connectivity index (χ0) is 24.9. The lowest BCUT2D eigenvalue weighted by Crippen LogP contribution is -2.38. The maximum atomic E-state index is 12.4. The molecule has 180 valence electrons. The first-order chi connectivity index (χ1) is 16.4. The molecule has 0 heterocycles. The number of nitrogens with one attached hydrogen (secondary N) is 2. The van der Waals surface area contributed by atoms with Gasteiger partial charge in [-0.25, -0.2) is 0 Å². The number of hydrogen-bond acceptors (Lipinski definition) is 6. The highest BCUT2D eigenvalue weighted by molar-refractivity contribution is 5.94. The predicted molar refractivity (Wildman–Crippen MR) is 124 cm³/mol. The van der Waals surface area contributed by atoms with E-state index >= 15 is 0 Å². The number of azide groups is 1. The van der Waals surface area contributed by atoms with Crippen LogP contribution in [-0.4, -0.2) is 49.7 Å². The number of ether oxygens (including phenoxy) is 2. The molecule has 0 saturated carbocycles. The number of rotatable bonds is 13. The molecule has 1 atom stereocenters. The van der Waals surface area contributed by atoms with Crippen LogP contribution in [0, 0.1) is 0 Å². The van der Waals surface area contributed by atoms with E-state index in [0.717, 1.165) is 11.1 Å². The first-order valence-electron chi connectivity index (χ1n) is 10.5. The number of aryl methyl sites for hydroxylation is 1. The van der Waals surface area contributed by atoms with Crippen molar-refractivity contribution < 1.29 is 29.0 Å². The van der Waals surface area contributed by atoms with Gasteiger partial charge in [-0.3, -0.25) is 14.4 Å². The number of methoxy groups -OCH3 is 2. The maximum Gasteiger partial charge on any atom is 0.305 e. The molecule has 0 aliphatic carbocycles. The van der Waals surface area contributed by atoms with E-state index in [4.69, 9.17) is 20.1 Å². The molecule has 3 N–H and O–H groups in total. The van der Waals surface area contributed by atoms with E-state index in [1.807, 2.05) is 12.1 Å². The average Bonchev–Trinajstić information content (AvgIpc) is 2.84. The Morgan fingerprint density at radius 3 is 2.35 bits per heavy atom. The minimum absolute atomic E-state index is 0.119. The SMILES string of the molecule is COc1ccc(CCC(=O)NCc2ccc(C(=O)N[C@H](CN=[N+]=[N-])CC(=O)O)cc2)cc1OC. The van der Waals surface area contributed by atoms with Gasteiger partial charge < -0.3 is 25.2 Å². The van der Waals surface area contributed by atoms with Gasteiger partial charge in [0.15, 0.2) is 11.5 Å². The lowest BCUT2D eigenvalue weighted by atomic mass is 10.1. The van der Waals surface area contributed by atoms with Gasteiger partial charge in [0.05, 0.1) is 20.6 Å². The molecule has 2 aromatic carbocycles. The highest BCUT2D eigenvalue weighted by atomic mass is 16.5. The standard InChI is InChI=1S/C23H27N5O6/c1-33-19-9-5-15(11-20(19)34-2)6-10-21(29)25-13-16-3-7-17(8-4-16)23(32)27-18(12-22(30)31)14-26-28-24/h3-5,7-9,11,18H,6,10,12-14H2,1-2H3,(H,25,29)(H,27,32)(H,30,31)/t18-/m0/s1. The number of aliphatic carboxylic acids is 1. The average molecular weight is 469 g/mol. The van der Waals surface area contributed by atoms with Crippen molar-refractivity contribution in [3.8, 4) is 11.5 Å². The predicted octanol–water partition coefficient (Wildman–Crippen LogP) is 2.84. The summed E-state index contributed by atoms with van der Waals surface area (Å²) in [6, 6.07) is 11.2. The third kappa shape index (κ3) is 8.36. The minimum atomic E-state index is -1.12. The van der Waals surface area contributed by atoms with Crippen LogP contribution in [-0.2, 0) is 22.6 Å². The number of carboxylic acid groups (broad SMARTS) is 1. The van der Waals surface area contributed by atoms with Gasteiger partial charge in [0.25, 0.3) is 5.91 Å². The zero-order valence-electron chi connectivity index (χ0n) is 19.0. The Hall–Kier alpha value is -4.24. The third-order valence-corrected chi connectivity index (χ3v) is 4.92. The number of carbonyl (C=O) groups is 3. The van der Waals surface area contributed by atoms with Crippen LogP contribution in [0.25, 0.3) is 10.4 Å². The Labute approximate surface area is 196 Å². The Kier molecular flexibility index (Phi) is 10.2. The highest BCUT2D eigenvalue weighted by Crippen LogP contribution is 2.27. The highest BCUT2D eigenvalue weighted by Gasteiger charge is 2.16. The summed E-state index contributed by atoms with van der Waals surface area (Å²) in [5, 5.41) is 17.6. The van der Waals surface area contributed by atoms with Crippen molar-refractivity contribution in [3.05, 3.63) is 69.6 Å². The molecule has 0 aromatic heterocycles. The molecule has 0 radical (unpaired) electrons. The van der Waals surface area contributed by atoms with E-state index < -0.39 is 17.9 Å². The molecule has 0 aliphatic rings. The quantitative estimate of drug-likeness (QED) is 0.232. The van der Waals surface area contributed by atoms with E-state index in [2.05, 4.69) is 20.7 Å². The summed E-state index contributed by atoms with van der Waals surface area (Å²) in [7, 11) is 3.12. The van der Waals surface area contributed by atoms with Crippen LogP contribution >= 0.6 is 0 Å². The Morgan fingerprint density at radius 2 is 1.74 bits per heavy atom.